The molecule has 0 bridgehead atoms. The minimum Gasteiger partial charge on any atom is -0.394 e. The number of nitrogens with one attached hydrogen (secondary N) is 4. The molecule has 0 aromatic carbocycles. The molecule has 108 heavy (non-hydrogen) atoms. The normalized spacial score (nSPS) is 37.4. The molecule has 6 fully saturated rings. The van der Waals surface area contributed by atoms with Gasteiger partial charge in [-0.2, -0.15) is 0 Å². The van der Waals surface area contributed by atoms with Gasteiger partial charge in [-0.05, 0) is 58.4 Å². The van der Waals surface area contributed by atoms with Crippen LogP contribution >= 0.6 is 0 Å². The zero-order valence-corrected chi connectivity index (χ0v) is 59.7. The second-order valence-corrected chi connectivity index (χ2v) is 26.9. The van der Waals surface area contributed by atoms with Crippen LogP contribution in [0, 0.1) is 0 Å². The van der Waals surface area contributed by atoms with E-state index in [4.69, 9.17) is 62.6 Å². The molecule has 0 aromatic rings. The standard InChI is InChI=1S/C34H62N4O19.C31H55NO18.CH4/c35-10-6-5-7-17(13-39)37-38-22(43)9-4-2-1-3-8-21(42)36-11-12-52-33-30(51)31(57-34-29(50)27(48)24(45)19(15-41)55-34)25(46)20(56-33)16-53-32-28(49)26(47)23(44)18(14-40)54-32;1-2-32-19(36)10-6-4-3-5-8-15(35)9-7-11-45-30-27(44)28(50-31-26(43)24(41)21(38)17(13-34)48-31)22(39)18(49-30)14-46-29-25(42)23(40)20(37)16(12-33)47-29;/h13,17-20,23-34,37,40-41,44-51H,1-12,14-16,35H2,(H,36,42)(H,38,43);16-18,20-31,33-34,37-44H,2-14H2,1H3,(H,32,36);1H4/t17-,18+,19+,20+,23+,24+,25+,26-,27-,28-,29-,30+,31-,32-,33+,34+;16-,17-,18-,20-,21-,22-,23+,24+,25+,26+,27-,28+,29+,30-,31-;/m01./s1. The Balaban J connectivity index is 0.000000456. The number of amides is 3. The molecule has 6 saturated heterocycles. The molecule has 0 saturated carbocycles. The first-order chi connectivity index (χ1) is 51.1. The van der Waals surface area contributed by atoms with Crippen LogP contribution in [0.2, 0.25) is 0 Å². The summed E-state index contributed by atoms with van der Waals surface area (Å²) in [4.78, 5) is 59.5. The number of hydrogen-bond donors (Lipinski definition) is 25. The highest BCUT2D eigenvalue weighted by molar-refractivity contribution is 5.78. The van der Waals surface area contributed by atoms with Gasteiger partial charge in [-0.3, -0.25) is 24.6 Å². The molecule has 3 amide bonds. The second kappa shape index (κ2) is 50.6. The van der Waals surface area contributed by atoms with E-state index in [9.17, 15) is 126 Å². The molecule has 6 aliphatic rings. The smallest absolute Gasteiger partial charge is 0.234 e. The lowest BCUT2D eigenvalue weighted by atomic mass is 9.96. The van der Waals surface area contributed by atoms with Gasteiger partial charge in [-0.25, -0.2) is 5.43 Å². The summed E-state index contributed by atoms with van der Waals surface area (Å²) in [6.07, 6.45) is -39.8. The highest BCUT2D eigenvalue weighted by Gasteiger charge is 2.55. The second-order valence-electron chi connectivity index (χ2n) is 26.9. The summed E-state index contributed by atoms with van der Waals surface area (Å²) in [7, 11) is 0. The van der Waals surface area contributed by atoms with Crippen LogP contribution in [-0.2, 0) is 80.8 Å². The predicted molar refractivity (Wildman–Crippen MR) is 362 cm³/mol. The first-order valence-electron chi connectivity index (χ1n) is 36.4. The maximum absolute atomic E-state index is 12.4. The molecule has 0 spiro atoms. The number of hydrazine groups is 1. The lowest BCUT2D eigenvalue weighted by Crippen LogP contribution is -2.65. The Morgan fingerprint density at radius 2 is 0.741 bits per heavy atom. The van der Waals surface area contributed by atoms with Crippen LogP contribution in [0.3, 0.4) is 0 Å². The molecular weight excluding hydrogens is 1450 g/mol. The quantitative estimate of drug-likeness (QED) is 0.0153. The Bertz CT molecular complexity index is 2510. The summed E-state index contributed by atoms with van der Waals surface area (Å²) >= 11 is 0. The van der Waals surface area contributed by atoms with Crippen molar-refractivity contribution in [3.8, 4) is 0 Å². The summed E-state index contributed by atoms with van der Waals surface area (Å²) in [5.74, 6) is -0.554. The lowest BCUT2D eigenvalue weighted by molar-refractivity contribution is -0.366. The van der Waals surface area contributed by atoms with Crippen molar-refractivity contribution in [2.45, 2.75) is 314 Å². The molecule has 0 unspecified atom stereocenters. The third-order valence-corrected chi connectivity index (χ3v) is 18.8. The number of ketones is 1. The predicted octanol–water partition coefficient (Wildman–Crippen LogP) is -10.9. The zero-order chi connectivity index (χ0) is 79.0. The Kier molecular flexibility index (Phi) is 45.3. The van der Waals surface area contributed by atoms with Crippen LogP contribution in [0.5, 0.6) is 0 Å². The van der Waals surface area contributed by atoms with Gasteiger partial charge in [-0.15, -0.1) is 0 Å². The fraction of sp³-hybridized carbons (Fsp3) is 0.924. The Morgan fingerprint density at radius 3 is 1.14 bits per heavy atom. The van der Waals surface area contributed by atoms with Crippen molar-refractivity contribution in [1.82, 2.24) is 21.5 Å². The number of nitrogens with two attached hydrogens (primary N) is 1. The van der Waals surface area contributed by atoms with Gasteiger partial charge >= 0.3 is 0 Å². The molecule has 42 nitrogen and oxygen atoms in total. The number of unbranched alkanes of at least 4 members (excludes halogenated alkanes) is 7. The van der Waals surface area contributed by atoms with Crippen molar-refractivity contribution in [2.75, 3.05) is 72.5 Å². The SMILES string of the molecule is C.CCNC(=O)CCCCCCC(=O)CCCO[C@@H]1O[C@H](CO[C@H]2O[C@H](CO)[C@@H](O)[C@H](O)[C@@H]2O)[C@@H](O)[C@H](O[C@H]2O[C@H](CO)[C@@H](O)[C@H](O)[C@@H]2O)[C@H]1O.NCCCC[C@@H](C=O)NNC(=O)CCCCCCC(=O)NCCO[C@@H]1O[C@H](CO[C@H]2O[C@H](CO)[C@@H](O)[C@H](O)[C@@H]2O)[C@@H](O)[C@H](O[C@H]2O[C@H](CO)[C@@H](O)[C@H](O)[C@@H]2O)[C@H]1O. The number of aliphatic hydroxyl groups is 20. The van der Waals surface area contributed by atoms with Gasteiger partial charge in [-0.1, -0.05) is 39.5 Å². The third-order valence-electron chi connectivity index (χ3n) is 18.8. The molecule has 26 N–H and O–H groups in total. The van der Waals surface area contributed by atoms with Crippen molar-refractivity contribution in [3.63, 3.8) is 0 Å². The fourth-order valence-electron chi connectivity index (χ4n) is 12.3. The van der Waals surface area contributed by atoms with Crippen LogP contribution in [0.15, 0.2) is 0 Å². The van der Waals surface area contributed by atoms with Crippen LogP contribution in [-0.4, -0.2) is 395 Å². The van der Waals surface area contributed by atoms with E-state index < -0.39 is 230 Å². The minimum atomic E-state index is -1.90. The average molecular weight is 1580 g/mol. The lowest BCUT2D eigenvalue weighted by Gasteiger charge is -2.46. The van der Waals surface area contributed by atoms with Gasteiger partial charge in [0.2, 0.25) is 17.7 Å². The van der Waals surface area contributed by atoms with E-state index in [2.05, 4.69) is 21.5 Å². The molecular formula is C66H121N5O37. The van der Waals surface area contributed by atoms with Crippen molar-refractivity contribution in [1.29, 1.82) is 0 Å². The number of aliphatic hydroxyl groups excluding tert-OH is 20. The maximum Gasteiger partial charge on any atom is 0.234 e. The minimum absolute atomic E-state index is 0. The van der Waals surface area contributed by atoms with Crippen LogP contribution < -0.4 is 27.2 Å². The maximum atomic E-state index is 12.4. The number of aldehydes is 1. The summed E-state index contributed by atoms with van der Waals surface area (Å²) < 4.78 is 66.6. The largest absolute Gasteiger partial charge is 0.394 e. The third kappa shape index (κ3) is 29.3. The highest BCUT2D eigenvalue weighted by atomic mass is 16.8. The van der Waals surface area contributed by atoms with Crippen LogP contribution in [0.4, 0.5) is 0 Å². The van der Waals surface area contributed by atoms with Gasteiger partial charge < -0.3 is 180 Å². The van der Waals surface area contributed by atoms with Gasteiger partial charge in [0, 0.05) is 45.2 Å². The van der Waals surface area contributed by atoms with Gasteiger partial charge in [0.15, 0.2) is 37.7 Å². The van der Waals surface area contributed by atoms with E-state index >= 15 is 0 Å². The van der Waals surface area contributed by atoms with Gasteiger partial charge in [0.25, 0.3) is 0 Å². The Labute approximate surface area is 624 Å². The molecule has 0 aromatic heterocycles. The van der Waals surface area contributed by atoms with Crippen molar-refractivity contribution < 1.29 is 183 Å². The summed E-state index contributed by atoms with van der Waals surface area (Å²) in [5, 5.41) is 211. The van der Waals surface area contributed by atoms with Crippen molar-refractivity contribution in [3.05, 3.63) is 0 Å². The van der Waals surface area contributed by atoms with Crippen molar-refractivity contribution in [2.24, 2.45) is 5.73 Å². The number of ether oxygens (including phenoxy) is 12. The molecule has 31 atom stereocenters. The summed E-state index contributed by atoms with van der Waals surface area (Å²) in [6.45, 7) is -1.59. The van der Waals surface area contributed by atoms with Gasteiger partial charge in [0.1, 0.15) is 159 Å². The topological polar surface area (TPSA) is 675 Å². The van der Waals surface area contributed by atoms with E-state index in [0.717, 1.165) is 38.4 Å². The first-order valence-corrected chi connectivity index (χ1v) is 36.4. The van der Waals surface area contributed by atoms with Gasteiger partial charge in [0.05, 0.1) is 58.9 Å². The molecule has 6 heterocycles. The number of Topliss-reactive ketones (excluding diaryl/α,β-unsaturated/α-hetero) is 1. The summed E-state index contributed by atoms with van der Waals surface area (Å²) in [6, 6.07) is -0.488. The molecule has 6 rings (SSSR count). The fourth-order valence-corrected chi connectivity index (χ4v) is 12.3. The Hall–Kier alpha value is -3.61. The number of carbonyl (C=O) groups is 5. The Morgan fingerprint density at radius 1 is 0.389 bits per heavy atom. The monoisotopic (exact) mass is 1580 g/mol. The average Bonchev–Trinajstić information content (AvgIpc) is 0.788. The van der Waals surface area contributed by atoms with Crippen LogP contribution in [0.25, 0.3) is 0 Å². The van der Waals surface area contributed by atoms with E-state index in [-0.39, 0.29) is 76.4 Å². The molecule has 6 aliphatic heterocycles. The number of rotatable bonds is 45. The van der Waals surface area contributed by atoms with E-state index in [0.29, 0.717) is 64.5 Å². The van der Waals surface area contributed by atoms with E-state index in [1.807, 2.05) is 6.92 Å². The van der Waals surface area contributed by atoms with E-state index in [1.54, 1.807) is 0 Å². The zero-order valence-electron chi connectivity index (χ0n) is 59.7. The summed E-state index contributed by atoms with van der Waals surface area (Å²) in [5.41, 5.74) is 10.7. The van der Waals surface area contributed by atoms with E-state index in [1.165, 1.54) is 0 Å². The van der Waals surface area contributed by atoms with Crippen LogP contribution in [0.1, 0.15) is 124 Å². The molecule has 0 radical (unpaired) electrons. The molecule has 632 valence electrons. The van der Waals surface area contributed by atoms with Crippen molar-refractivity contribution >= 4 is 29.8 Å². The number of hydrogen-bond acceptors (Lipinski definition) is 39. The highest BCUT2D eigenvalue weighted by Crippen LogP contribution is 2.34. The molecule has 42 heteroatoms. The number of carbonyl (C=O) groups excluding carboxylic acids is 5. The molecule has 0 aliphatic carbocycles. The first kappa shape index (κ1) is 96.8.